The van der Waals surface area contributed by atoms with Crippen LogP contribution < -0.4 is 4.74 Å². The minimum atomic E-state index is -0.378. The summed E-state index contributed by atoms with van der Waals surface area (Å²) in [5.41, 5.74) is 0.659. The predicted octanol–water partition coefficient (Wildman–Crippen LogP) is 2.16. The lowest BCUT2D eigenvalue weighted by atomic mass is 10.1. The smallest absolute Gasteiger partial charge is 0.308 e. The van der Waals surface area contributed by atoms with Gasteiger partial charge in [0.15, 0.2) is 0 Å². The van der Waals surface area contributed by atoms with Crippen molar-refractivity contribution in [1.82, 2.24) is 4.90 Å². The molecule has 0 radical (unpaired) electrons. The number of benzene rings is 1. The fourth-order valence-electron chi connectivity index (χ4n) is 1.63. The Balaban J connectivity index is 2.98. The molecule has 0 saturated heterocycles. The van der Waals surface area contributed by atoms with Crippen molar-refractivity contribution in [2.45, 2.75) is 27.3 Å². The van der Waals surface area contributed by atoms with E-state index in [-0.39, 0.29) is 11.7 Å². The van der Waals surface area contributed by atoms with E-state index in [0.717, 1.165) is 13.1 Å². The Kier molecular flexibility index (Phi) is 4.97. The maximum atomic E-state index is 11.0. The number of hydrogen-bond acceptors (Lipinski definition) is 4. The molecule has 0 heterocycles. The molecule has 0 aliphatic carbocycles. The highest BCUT2D eigenvalue weighted by Gasteiger charge is 2.13. The lowest BCUT2D eigenvalue weighted by Gasteiger charge is -2.20. The second-order valence-electron chi connectivity index (χ2n) is 3.81. The molecule has 4 nitrogen and oxygen atoms in total. The molecular formula is C13H19NO3. The summed E-state index contributed by atoms with van der Waals surface area (Å²) in [5.74, 6) is 0.219. The molecule has 0 amide bonds. The minimum absolute atomic E-state index is 0.163. The van der Waals surface area contributed by atoms with Crippen molar-refractivity contribution >= 4 is 5.97 Å². The monoisotopic (exact) mass is 237 g/mol. The Labute approximate surface area is 102 Å². The van der Waals surface area contributed by atoms with E-state index in [4.69, 9.17) is 4.74 Å². The van der Waals surface area contributed by atoms with Crippen LogP contribution in [-0.4, -0.2) is 29.1 Å². The molecule has 0 aliphatic rings. The van der Waals surface area contributed by atoms with Crippen LogP contribution >= 0.6 is 0 Å². The van der Waals surface area contributed by atoms with Gasteiger partial charge in [0.05, 0.1) is 5.56 Å². The number of hydrogen-bond donors (Lipinski definition) is 1. The standard InChI is InChI=1S/C13H19NO3/c1-4-14(5-2)9-11-12(16)7-6-8-13(11)17-10(3)15/h6-8,16H,4-5,9H2,1-3H3. The SMILES string of the molecule is CCN(CC)Cc1c(O)cccc1OC(C)=O. The largest absolute Gasteiger partial charge is 0.507 e. The Morgan fingerprint density at radius 3 is 2.53 bits per heavy atom. The molecular weight excluding hydrogens is 218 g/mol. The molecule has 0 saturated carbocycles. The zero-order valence-corrected chi connectivity index (χ0v) is 10.6. The lowest BCUT2D eigenvalue weighted by Crippen LogP contribution is -2.22. The van der Waals surface area contributed by atoms with E-state index in [9.17, 15) is 9.90 Å². The maximum Gasteiger partial charge on any atom is 0.308 e. The fourth-order valence-corrected chi connectivity index (χ4v) is 1.63. The van der Waals surface area contributed by atoms with E-state index in [1.165, 1.54) is 6.92 Å². The van der Waals surface area contributed by atoms with Crippen molar-refractivity contribution in [3.05, 3.63) is 23.8 Å². The van der Waals surface area contributed by atoms with Crippen LogP contribution in [0.5, 0.6) is 11.5 Å². The van der Waals surface area contributed by atoms with E-state index in [1.54, 1.807) is 18.2 Å². The van der Waals surface area contributed by atoms with Crippen LogP contribution in [0.1, 0.15) is 26.3 Å². The Morgan fingerprint density at radius 1 is 1.35 bits per heavy atom. The summed E-state index contributed by atoms with van der Waals surface area (Å²) in [5, 5.41) is 9.83. The van der Waals surface area contributed by atoms with Crippen LogP contribution in [0.25, 0.3) is 0 Å². The maximum absolute atomic E-state index is 11.0. The highest BCUT2D eigenvalue weighted by molar-refractivity contribution is 5.70. The van der Waals surface area contributed by atoms with Crippen molar-refractivity contribution in [3.8, 4) is 11.5 Å². The molecule has 0 aromatic heterocycles. The first-order chi connectivity index (χ1) is 8.08. The van der Waals surface area contributed by atoms with Gasteiger partial charge in [-0.1, -0.05) is 19.9 Å². The van der Waals surface area contributed by atoms with Crippen molar-refractivity contribution in [1.29, 1.82) is 0 Å². The summed E-state index contributed by atoms with van der Waals surface area (Å²) in [7, 11) is 0. The van der Waals surface area contributed by atoms with Crippen LogP contribution in [0.15, 0.2) is 18.2 Å². The van der Waals surface area contributed by atoms with Crippen molar-refractivity contribution in [3.63, 3.8) is 0 Å². The molecule has 0 bridgehead atoms. The topological polar surface area (TPSA) is 49.8 Å². The third-order valence-electron chi connectivity index (χ3n) is 2.64. The second kappa shape index (κ2) is 6.25. The van der Waals surface area contributed by atoms with Gasteiger partial charge in [0.1, 0.15) is 11.5 Å². The number of esters is 1. The molecule has 0 spiro atoms. The number of carbonyl (C=O) groups excluding carboxylic acids is 1. The number of phenolic OH excluding ortho intramolecular Hbond substituents is 1. The van der Waals surface area contributed by atoms with Gasteiger partial charge in [-0.2, -0.15) is 0 Å². The van der Waals surface area contributed by atoms with Crippen molar-refractivity contribution in [2.24, 2.45) is 0 Å². The first kappa shape index (κ1) is 13.5. The van der Waals surface area contributed by atoms with Crippen molar-refractivity contribution < 1.29 is 14.6 Å². The summed E-state index contributed by atoms with van der Waals surface area (Å²) in [4.78, 5) is 13.1. The number of ether oxygens (including phenoxy) is 1. The molecule has 94 valence electrons. The van der Waals surface area contributed by atoms with Crippen LogP contribution in [-0.2, 0) is 11.3 Å². The molecule has 1 aromatic rings. The van der Waals surface area contributed by atoms with Gasteiger partial charge in [-0.25, -0.2) is 0 Å². The number of rotatable bonds is 5. The van der Waals surface area contributed by atoms with Crippen LogP contribution in [0, 0.1) is 0 Å². The Bertz CT molecular complexity index is 386. The second-order valence-corrected chi connectivity index (χ2v) is 3.81. The van der Waals surface area contributed by atoms with Gasteiger partial charge in [-0.3, -0.25) is 9.69 Å². The normalized spacial score (nSPS) is 10.6. The van der Waals surface area contributed by atoms with E-state index < -0.39 is 0 Å². The van der Waals surface area contributed by atoms with Gasteiger partial charge in [0.2, 0.25) is 0 Å². The predicted molar refractivity (Wildman–Crippen MR) is 66.0 cm³/mol. The third kappa shape index (κ3) is 3.75. The number of aromatic hydroxyl groups is 1. The molecule has 0 atom stereocenters. The van der Waals surface area contributed by atoms with E-state index in [1.807, 2.05) is 0 Å². The van der Waals surface area contributed by atoms with Gasteiger partial charge in [-0.05, 0) is 25.2 Å². The molecule has 4 heteroatoms. The van der Waals surface area contributed by atoms with Crippen LogP contribution in [0.4, 0.5) is 0 Å². The lowest BCUT2D eigenvalue weighted by molar-refractivity contribution is -0.131. The fraction of sp³-hybridized carbons (Fsp3) is 0.462. The highest BCUT2D eigenvalue weighted by Crippen LogP contribution is 2.28. The molecule has 0 fully saturated rings. The third-order valence-corrected chi connectivity index (χ3v) is 2.64. The summed E-state index contributed by atoms with van der Waals surface area (Å²) >= 11 is 0. The zero-order valence-electron chi connectivity index (χ0n) is 10.6. The molecule has 17 heavy (non-hydrogen) atoms. The van der Waals surface area contributed by atoms with Crippen LogP contribution in [0.3, 0.4) is 0 Å². The Hall–Kier alpha value is -1.55. The number of carbonyl (C=O) groups is 1. The van der Waals surface area contributed by atoms with Crippen LogP contribution in [0.2, 0.25) is 0 Å². The van der Waals surface area contributed by atoms with Crippen molar-refractivity contribution in [2.75, 3.05) is 13.1 Å². The molecule has 1 aromatic carbocycles. The average molecular weight is 237 g/mol. The summed E-state index contributed by atoms with van der Waals surface area (Å²) in [6.07, 6.45) is 0. The summed E-state index contributed by atoms with van der Waals surface area (Å²) in [6, 6.07) is 4.96. The van der Waals surface area contributed by atoms with E-state index >= 15 is 0 Å². The van der Waals surface area contributed by atoms with Gasteiger partial charge in [0.25, 0.3) is 0 Å². The first-order valence-corrected chi connectivity index (χ1v) is 5.80. The molecule has 0 aliphatic heterocycles. The highest BCUT2D eigenvalue weighted by atomic mass is 16.5. The quantitative estimate of drug-likeness (QED) is 0.630. The van der Waals surface area contributed by atoms with Gasteiger partial charge in [0, 0.05) is 13.5 Å². The van der Waals surface area contributed by atoms with Gasteiger partial charge >= 0.3 is 5.97 Å². The molecule has 1 rings (SSSR count). The van der Waals surface area contributed by atoms with Gasteiger partial charge < -0.3 is 9.84 Å². The summed E-state index contributed by atoms with van der Waals surface area (Å²) < 4.78 is 5.09. The molecule has 1 N–H and O–H groups in total. The van der Waals surface area contributed by atoms with E-state index in [0.29, 0.717) is 17.9 Å². The number of nitrogens with zero attached hydrogens (tertiary/aromatic N) is 1. The summed E-state index contributed by atoms with van der Waals surface area (Å²) in [6.45, 7) is 7.78. The first-order valence-electron chi connectivity index (χ1n) is 5.80. The Morgan fingerprint density at radius 2 is 2.00 bits per heavy atom. The average Bonchev–Trinajstić information content (AvgIpc) is 2.28. The van der Waals surface area contributed by atoms with Gasteiger partial charge in [-0.15, -0.1) is 0 Å². The molecule has 0 unspecified atom stereocenters. The zero-order chi connectivity index (χ0) is 12.8. The minimum Gasteiger partial charge on any atom is -0.507 e. The van der Waals surface area contributed by atoms with E-state index in [2.05, 4.69) is 18.7 Å². The number of phenols is 1.